The van der Waals surface area contributed by atoms with Gasteiger partial charge in [-0.1, -0.05) is 54.1 Å². The topological polar surface area (TPSA) is 50.7 Å². The lowest BCUT2D eigenvalue weighted by molar-refractivity contribution is 0.869. The third-order valence-corrected chi connectivity index (χ3v) is 4.72. The number of hydrogen-bond donors (Lipinski definition) is 1. The van der Waals surface area contributed by atoms with Crippen molar-refractivity contribution < 1.29 is 0 Å². The lowest BCUT2D eigenvalue weighted by Crippen LogP contribution is -2.06. The summed E-state index contributed by atoms with van der Waals surface area (Å²) >= 11 is 6.07. The number of rotatable bonds is 6. The highest BCUT2D eigenvalue weighted by molar-refractivity contribution is 6.30. The number of aryl methyl sites for hydroxylation is 2. The number of benzene rings is 2. The molecule has 0 radical (unpaired) electrons. The van der Waals surface area contributed by atoms with Crippen LogP contribution in [0, 0.1) is 0 Å². The molecule has 0 fully saturated rings. The molecule has 0 aliphatic rings. The summed E-state index contributed by atoms with van der Waals surface area (Å²) in [6.45, 7) is 0.647. The Hall–Kier alpha value is -2.98. The van der Waals surface area contributed by atoms with Crippen molar-refractivity contribution in [2.45, 2.75) is 19.4 Å². The first kappa shape index (κ1) is 17.4. The maximum atomic E-state index is 6.07. The van der Waals surface area contributed by atoms with E-state index in [1.807, 2.05) is 48.7 Å². The van der Waals surface area contributed by atoms with Crippen LogP contribution in [0.15, 0.2) is 73.1 Å². The van der Waals surface area contributed by atoms with Gasteiger partial charge < -0.3 is 5.32 Å². The third kappa shape index (κ3) is 4.23. The predicted molar refractivity (Wildman–Crippen MR) is 110 cm³/mol. The summed E-state index contributed by atoms with van der Waals surface area (Å²) < 4.78 is 0. The van der Waals surface area contributed by atoms with Crippen molar-refractivity contribution >= 4 is 28.2 Å². The van der Waals surface area contributed by atoms with E-state index >= 15 is 0 Å². The molecule has 0 unspecified atom stereocenters. The second-order valence-electron chi connectivity index (χ2n) is 6.39. The average molecular weight is 375 g/mol. The third-order valence-electron chi connectivity index (χ3n) is 4.49. The molecule has 0 bridgehead atoms. The number of aromatic nitrogens is 3. The minimum atomic E-state index is 0.647. The van der Waals surface area contributed by atoms with Crippen LogP contribution in [-0.2, 0) is 19.4 Å². The molecule has 1 N–H and O–H groups in total. The highest BCUT2D eigenvalue weighted by Gasteiger charge is 2.09. The van der Waals surface area contributed by atoms with E-state index in [0.717, 1.165) is 45.7 Å². The van der Waals surface area contributed by atoms with Crippen LogP contribution in [0.25, 0.3) is 10.8 Å². The molecule has 0 aliphatic carbocycles. The largest absolute Gasteiger partial charge is 0.364 e. The molecule has 2 heterocycles. The van der Waals surface area contributed by atoms with E-state index in [2.05, 4.69) is 38.7 Å². The lowest BCUT2D eigenvalue weighted by atomic mass is 10.0. The van der Waals surface area contributed by atoms with Gasteiger partial charge >= 0.3 is 0 Å². The Morgan fingerprint density at radius 3 is 2.48 bits per heavy atom. The van der Waals surface area contributed by atoms with Crippen molar-refractivity contribution in [3.63, 3.8) is 0 Å². The van der Waals surface area contributed by atoms with Crippen LogP contribution in [-0.4, -0.2) is 15.2 Å². The quantitative estimate of drug-likeness (QED) is 0.511. The fourth-order valence-corrected chi connectivity index (χ4v) is 3.33. The molecule has 0 spiro atoms. The molecular weight excluding hydrogens is 356 g/mol. The Kier molecular flexibility index (Phi) is 5.26. The Morgan fingerprint density at radius 1 is 0.815 bits per heavy atom. The summed E-state index contributed by atoms with van der Waals surface area (Å²) in [5.74, 6) is 0.788. The van der Waals surface area contributed by atoms with Crippen LogP contribution >= 0.6 is 11.6 Å². The molecule has 0 saturated heterocycles. The monoisotopic (exact) mass is 374 g/mol. The minimum absolute atomic E-state index is 0.647. The van der Waals surface area contributed by atoms with Crippen molar-refractivity contribution in [1.82, 2.24) is 15.2 Å². The molecular formula is C22H19ClN4. The van der Waals surface area contributed by atoms with Gasteiger partial charge in [-0.05, 0) is 42.2 Å². The predicted octanol–water partition coefficient (Wildman–Crippen LogP) is 5.08. The molecule has 2 aromatic carbocycles. The van der Waals surface area contributed by atoms with Crippen molar-refractivity contribution in [2.24, 2.45) is 0 Å². The van der Waals surface area contributed by atoms with Crippen molar-refractivity contribution in [3.05, 3.63) is 94.9 Å². The van der Waals surface area contributed by atoms with E-state index in [0.29, 0.717) is 6.54 Å². The van der Waals surface area contributed by atoms with Crippen molar-refractivity contribution in [3.8, 4) is 0 Å². The van der Waals surface area contributed by atoms with Gasteiger partial charge in [-0.15, -0.1) is 5.10 Å². The van der Waals surface area contributed by atoms with Crippen LogP contribution in [0.1, 0.15) is 16.8 Å². The second-order valence-corrected chi connectivity index (χ2v) is 6.82. The Labute approximate surface area is 163 Å². The number of pyridine rings is 1. The summed E-state index contributed by atoms with van der Waals surface area (Å²) in [7, 11) is 0. The van der Waals surface area contributed by atoms with Gasteiger partial charge in [0.1, 0.15) is 0 Å². The van der Waals surface area contributed by atoms with Gasteiger partial charge in [0.15, 0.2) is 5.82 Å². The van der Waals surface area contributed by atoms with Gasteiger partial charge in [0, 0.05) is 34.7 Å². The van der Waals surface area contributed by atoms with Crippen LogP contribution in [0.2, 0.25) is 5.02 Å². The molecule has 4 rings (SSSR count). The summed E-state index contributed by atoms with van der Waals surface area (Å²) in [5, 5.41) is 15.3. The van der Waals surface area contributed by atoms with Gasteiger partial charge in [-0.3, -0.25) is 4.98 Å². The fourth-order valence-electron chi connectivity index (χ4n) is 3.12. The molecule has 27 heavy (non-hydrogen) atoms. The lowest BCUT2D eigenvalue weighted by Gasteiger charge is -2.11. The first-order valence-corrected chi connectivity index (χ1v) is 9.29. The number of nitrogens with zero attached hydrogens (tertiary/aromatic N) is 3. The first-order chi connectivity index (χ1) is 13.3. The highest BCUT2D eigenvalue weighted by atomic mass is 35.5. The maximum Gasteiger partial charge on any atom is 0.156 e. The van der Waals surface area contributed by atoms with Gasteiger partial charge in [0.2, 0.25) is 0 Å². The Balaban J connectivity index is 1.56. The SMILES string of the molecule is Clc1cccc(CNc2nnc(CCc3cccnc3)c3ccccc23)c1. The van der Waals surface area contributed by atoms with Crippen molar-refractivity contribution in [2.75, 3.05) is 5.32 Å². The zero-order chi connectivity index (χ0) is 18.5. The number of hydrogen-bond acceptors (Lipinski definition) is 4. The zero-order valence-corrected chi connectivity index (χ0v) is 15.5. The molecule has 4 aromatic rings. The second kappa shape index (κ2) is 8.14. The van der Waals surface area contributed by atoms with E-state index in [9.17, 15) is 0 Å². The van der Waals surface area contributed by atoms with Gasteiger partial charge in [-0.25, -0.2) is 0 Å². The molecule has 134 valence electrons. The maximum absolute atomic E-state index is 6.07. The standard InChI is InChI=1S/C22H19ClN4/c23-18-7-3-5-17(13-18)15-25-22-20-9-2-1-8-19(20)21(26-27-22)11-10-16-6-4-12-24-14-16/h1-9,12-14H,10-11,15H2,(H,25,27). The number of halogens is 1. The fraction of sp³-hybridized carbons (Fsp3) is 0.136. The van der Waals surface area contributed by atoms with E-state index < -0.39 is 0 Å². The van der Waals surface area contributed by atoms with E-state index in [1.54, 1.807) is 6.20 Å². The summed E-state index contributed by atoms with van der Waals surface area (Å²) in [6.07, 6.45) is 5.41. The highest BCUT2D eigenvalue weighted by Crippen LogP contribution is 2.24. The summed E-state index contributed by atoms with van der Waals surface area (Å²) in [5.41, 5.74) is 3.31. The molecule has 0 aliphatic heterocycles. The molecule has 4 nitrogen and oxygen atoms in total. The Bertz CT molecular complexity index is 1050. The molecule has 0 saturated carbocycles. The molecule has 0 amide bonds. The summed E-state index contributed by atoms with van der Waals surface area (Å²) in [6, 6.07) is 20.1. The number of fused-ring (bicyclic) bond motifs is 1. The molecule has 5 heteroatoms. The van der Waals surface area contributed by atoms with E-state index in [4.69, 9.17) is 11.6 Å². The minimum Gasteiger partial charge on any atom is -0.364 e. The molecule has 0 atom stereocenters. The van der Waals surface area contributed by atoms with Gasteiger partial charge in [0.05, 0.1) is 5.69 Å². The zero-order valence-electron chi connectivity index (χ0n) is 14.8. The summed E-state index contributed by atoms with van der Waals surface area (Å²) in [4.78, 5) is 4.18. The number of anilines is 1. The number of nitrogens with one attached hydrogen (secondary N) is 1. The van der Waals surface area contributed by atoms with Gasteiger partial charge in [0.25, 0.3) is 0 Å². The van der Waals surface area contributed by atoms with Crippen LogP contribution in [0.3, 0.4) is 0 Å². The normalized spacial score (nSPS) is 10.9. The van der Waals surface area contributed by atoms with E-state index in [1.165, 1.54) is 5.56 Å². The average Bonchev–Trinajstić information content (AvgIpc) is 2.72. The van der Waals surface area contributed by atoms with Crippen LogP contribution < -0.4 is 5.32 Å². The Morgan fingerprint density at radius 2 is 1.67 bits per heavy atom. The molecule has 2 aromatic heterocycles. The first-order valence-electron chi connectivity index (χ1n) is 8.91. The van der Waals surface area contributed by atoms with E-state index in [-0.39, 0.29) is 0 Å². The van der Waals surface area contributed by atoms with Crippen molar-refractivity contribution in [1.29, 1.82) is 0 Å². The van der Waals surface area contributed by atoms with Gasteiger partial charge in [-0.2, -0.15) is 5.10 Å². The van der Waals surface area contributed by atoms with Crippen LogP contribution in [0.5, 0.6) is 0 Å². The van der Waals surface area contributed by atoms with Crippen LogP contribution in [0.4, 0.5) is 5.82 Å². The smallest absolute Gasteiger partial charge is 0.156 e.